The summed E-state index contributed by atoms with van der Waals surface area (Å²) in [6.07, 6.45) is 0. The molecule has 4 nitrogen and oxygen atoms in total. The molecule has 0 aliphatic carbocycles. The molecule has 5 heteroatoms. The van der Waals surface area contributed by atoms with Gasteiger partial charge in [0.05, 0.1) is 0 Å². The van der Waals surface area contributed by atoms with Crippen molar-refractivity contribution in [3.05, 3.63) is 30.3 Å². The van der Waals surface area contributed by atoms with Crippen LogP contribution in [-0.4, -0.2) is 23.7 Å². The van der Waals surface area contributed by atoms with Crippen molar-refractivity contribution in [2.75, 3.05) is 6.61 Å². The standard InChI is InChI=1S/C11H13NO3S/c1-8(11(14)15-7-10(12)13)16-9-5-3-2-4-6-9/h2-6,8H,7H2,1H3,(H2,12,13)/t8-/m0/s1. The second kappa shape index (κ2) is 6.17. The second-order valence-corrected chi connectivity index (χ2v) is 4.56. The number of nitrogens with two attached hydrogens (primary N) is 1. The number of esters is 1. The van der Waals surface area contributed by atoms with Crippen molar-refractivity contribution in [1.82, 2.24) is 0 Å². The van der Waals surface area contributed by atoms with E-state index < -0.39 is 11.9 Å². The van der Waals surface area contributed by atoms with Gasteiger partial charge in [-0.2, -0.15) is 0 Å². The minimum absolute atomic E-state index is 0.359. The van der Waals surface area contributed by atoms with Crippen LogP contribution in [0.25, 0.3) is 0 Å². The lowest BCUT2D eigenvalue weighted by Gasteiger charge is -2.09. The summed E-state index contributed by atoms with van der Waals surface area (Å²) in [6.45, 7) is 1.36. The zero-order valence-corrected chi connectivity index (χ0v) is 9.70. The van der Waals surface area contributed by atoms with Crippen LogP contribution in [0.4, 0.5) is 0 Å². The number of carbonyl (C=O) groups is 2. The van der Waals surface area contributed by atoms with Crippen molar-refractivity contribution in [2.45, 2.75) is 17.1 Å². The minimum atomic E-state index is -0.648. The first kappa shape index (κ1) is 12.6. The van der Waals surface area contributed by atoms with E-state index in [-0.39, 0.29) is 11.9 Å². The molecule has 0 fully saturated rings. The lowest BCUT2D eigenvalue weighted by atomic mass is 10.4. The zero-order valence-electron chi connectivity index (χ0n) is 8.88. The molecular formula is C11H13NO3S. The van der Waals surface area contributed by atoms with Crippen LogP contribution in [0, 0.1) is 0 Å². The Morgan fingerprint density at radius 1 is 1.38 bits per heavy atom. The molecule has 0 bridgehead atoms. The van der Waals surface area contributed by atoms with E-state index in [1.165, 1.54) is 11.8 Å². The highest BCUT2D eigenvalue weighted by Gasteiger charge is 2.16. The average molecular weight is 239 g/mol. The molecular weight excluding hydrogens is 226 g/mol. The molecule has 0 aliphatic heterocycles. The van der Waals surface area contributed by atoms with Crippen LogP contribution in [0.15, 0.2) is 35.2 Å². The fourth-order valence-electron chi connectivity index (χ4n) is 1.01. The number of hydrogen-bond donors (Lipinski definition) is 1. The van der Waals surface area contributed by atoms with Gasteiger partial charge >= 0.3 is 5.97 Å². The van der Waals surface area contributed by atoms with Crippen molar-refractivity contribution in [1.29, 1.82) is 0 Å². The first-order chi connectivity index (χ1) is 7.59. The molecule has 0 aromatic heterocycles. The number of ether oxygens (including phenoxy) is 1. The predicted octanol–water partition coefficient (Wildman–Crippen LogP) is 1.20. The van der Waals surface area contributed by atoms with Gasteiger partial charge in [-0.15, -0.1) is 11.8 Å². The van der Waals surface area contributed by atoms with Crippen LogP contribution < -0.4 is 5.73 Å². The molecule has 1 amide bonds. The Hall–Kier alpha value is -1.49. The summed E-state index contributed by atoms with van der Waals surface area (Å²) >= 11 is 1.38. The van der Waals surface area contributed by atoms with Crippen molar-refractivity contribution in [3.8, 4) is 0 Å². The number of primary amides is 1. The molecule has 0 saturated carbocycles. The fourth-order valence-corrected chi connectivity index (χ4v) is 1.90. The van der Waals surface area contributed by atoms with E-state index in [4.69, 9.17) is 10.5 Å². The van der Waals surface area contributed by atoms with Crippen molar-refractivity contribution in [3.63, 3.8) is 0 Å². The molecule has 2 N–H and O–H groups in total. The van der Waals surface area contributed by atoms with Crippen molar-refractivity contribution in [2.24, 2.45) is 5.73 Å². The third kappa shape index (κ3) is 4.35. The Bertz CT molecular complexity index is 367. The van der Waals surface area contributed by atoms with Crippen LogP contribution in [0.1, 0.15) is 6.92 Å². The summed E-state index contributed by atoms with van der Waals surface area (Å²) in [7, 11) is 0. The van der Waals surface area contributed by atoms with Crippen molar-refractivity contribution >= 4 is 23.6 Å². The molecule has 1 atom stereocenters. The Morgan fingerprint density at radius 3 is 2.56 bits per heavy atom. The Kier molecular flexibility index (Phi) is 4.85. The summed E-state index contributed by atoms with van der Waals surface area (Å²) in [4.78, 5) is 22.8. The number of amides is 1. The van der Waals surface area contributed by atoms with E-state index in [0.29, 0.717) is 0 Å². The second-order valence-electron chi connectivity index (χ2n) is 3.15. The Morgan fingerprint density at radius 2 is 2.00 bits per heavy atom. The smallest absolute Gasteiger partial charge is 0.319 e. The van der Waals surface area contributed by atoms with Gasteiger partial charge in [0, 0.05) is 4.90 Å². The number of rotatable bonds is 5. The highest BCUT2D eigenvalue weighted by atomic mass is 32.2. The van der Waals surface area contributed by atoms with Crippen LogP contribution in [0.3, 0.4) is 0 Å². The molecule has 0 spiro atoms. The highest BCUT2D eigenvalue weighted by molar-refractivity contribution is 8.00. The first-order valence-corrected chi connectivity index (χ1v) is 5.64. The lowest BCUT2D eigenvalue weighted by molar-refractivity contribution is -0.146. The molecule has 0 heterocycles. The van der Waals surface area contributed by atoms with E-state index in [1.54, 1.807) is 6.92 Å². The van der Waals surface area contributed by atoms with Gasteiger partial charge in [0.25, 0.3) is 5.91 Å². The topological polar surface area (TPSA) is 69.4 Å². The number of hydrogen-bond acceptors (Lipinski definition) is 4. The van der Waals surface area contributed by atoms with E-state index >= 15 is 0 Å². The average Bonchev–Trinajstić information content (AvgIpc) is 2.27. The minimum Gasteiger partial charge on any atom is -0.455 e. The summed E-state index contributed by atoms with van der Waals surface area (Å²) < 4.78 is 4.70. The first-order valence-electron chi connectivity index (χ1n) is 4.76. The molecule has 16 heavy (non-hydrogen) atoms. The van der Waals surface area contributed by atoms with Gasteiger partial charge in [0.2, 0.25) is 0 Å². The molecule has 0 unspecified atom stereocenters. The SMILES string of the molecule is C[C@H](Sc1ccccc1)C(=O)OCC(N)=O. The molecule has 86 valence electrons. The van der Waals surface area contributed by atoms with Gasteiger partial charge in [-0.05, 0) is 19.1 Å². The third-order valence-corrected chi connectivity index (χ3v) is 2.84. The molecule has 1 rings (SSSR count). The monoisotopic (exact) mass is 239 g/mol. The summed E-state index contributed by atoms with van der Waals surface area (Å²) in [5.74, 6) is -1.09. The third-order valence-electron chi connectivity index (χ3n) is 1.74. The molecule has 1 aromatic rings. The Labute approximate surface area is 98.2 Å². The highest BCUT2D eigenvalue weighted by Crippen LogP contribution is 2.23. The van der Waals surface area contributed by atoms with Crippen LogP contribution in [0.2, 0.25) is 0 Å². The van der Waals surface area contributed by atoms with Gasteiger partial charge in [-0.1, -0.05) is 18.2 Å². The number of thioether (sulfide) groups is 1. The number of benzene rings is 1. The lowest BCUT2D eigenvalue weighted by Crippen LogP contribution is -2.24. The van der Waals surface area contributed by atoms with Gasteiger partial charge < -0.3 is 10.5 Å². The van der Waals surface area contributed by atoms with E-state index in [0.717, 1.165) is 4.90 Å². The molecule has 0 aliphatic rings. The van der Waals surface area contributed by atoms with Gasteiger partial charge in [-0.25, -0.2) is 0 Å². The van der Waals surface area contributed by atoms with Gasteiger partial charge in [0.1, 0.15) is 5.25 Å². The quantitative estimate of drug-likeness (QED) is 0.619. The maximum Gasteiger partial charge on any atom is 0.319 e. The van der Waals surface area contributed by atoms with Gasteiger partial charge in [0.15, 0.2) is 6.61 Å². The molecule has 0 radical (unpaired) electrons. The zero-order chi connectivity index (χ0) is 12.0. The maximum absolute atomic E-state index is 11.4. The number of carbonyl (C=O) groups excluding carboxylic acids is 2. The largest absolute Gasteiger partial charge is 0.455 e. The van der Waals surface area contributed by atoms with E-state index in [1.807, 2.05) is 30.3 Å². The van der Waals surface area contributed by atoms with Crippen LogP contribution >= 0.6 is 11.8 Å². The van der Waals surface area contributed by atoms with Crippen LogP contribution in [-0.2, 0) is 14.3 Å². The molecule has 0 saturated heterocycles. The van der Waals surface area contributed by atoms with E-state index in [9.17, 15) is 9.59 Å². The van der Waals surface area contributed by atoms with Crippen LogP contribution in [0.5, 0.6) is 0 Å². The van der Waals surface area contributed by atoms with E-state index in [2.05, 4.69) is 0 Å². The fraction of sp³-hybridized carbons (Fsp3) is 0.273. The summed E-state index contributed by atoms with van der Waals surface area (Å²) in [5, 5.41) is -0.359. The summed E-state index contributed by atoms with van der Waals surface area (Å²) in [5.41, 5.74) is 4.87. The Balaban J connectivity index is 2.43. The summed E-state index contributed by atoms with van der Waals surface area (Å²) in [6, 6.07) is 9.50. The molecule has 1 aromatic carbocycles. The van der Waals surface area contributed by atoms with Gasteiger partial charge in [-0.3, -0.25) is 9.59 Å². The maximum atomic E-state index is 11.4. The normalized spacial score (nSPS) is 11.8. The predicted molar refractivity (Wildman–Crippen MR) is 61.9 cm³/mol. The van der Waals surface area contributed by atoms with Crippen molar-refractivity contribution < 1.29 is 14.3 Å².